The summed E-state index contributed by atoms with van der Waals surface area (Å²) in [6, 6.07) is 6.50. The number of carbonyl (C=O) groups is 2. The van der Waals surface area contributed by atoms with Gasteiger partial charge in [-0.25, -0.2) is 0 Å². The minimum atomic E-state index is -0.736. The van der Waals surface area contributed by atoms with E-state index in [1.807, 2.05) is 0 Å². The molecule has 5 heteroatoms. The van der Waals surface area contributed by atoms with Crippen molar-refractivity contribution in [2.24, 2.45) is 0 Å². The molecule has 1 atom stereocenters. The van der Waals surface area contributed by atoms with Gasteiger partial charge in [0.1, 0.15) is 11.5 Å². The van der Waals surface area contributed by atoms with E-state index < -0.39 is 12.0 Å². The number of unbranched alkanes of at least 4 members (excludes halogenated alkanes) is 7. The van der Waals surface area contributed by atoms with Crippen molar-refractivity contribution in [3.05, 3.63) is 24.3 Å². The van der Waals surface area contributed by atoms with Gasteiger partial charge in [-0.2, -0.15) is 0 Å². The second-order valence-electron chi connectivity index (χ2n) is 6.30. The average molecular weight is 348 g/mol. The minimum absolute atomic E-state index is 0.387. The zero-order valence-corrected chi connectivity index (χ0v) is 15.4. The molecule has 0 bridgehead atoms. The van der Waals surface area contributed by atoms with Crippen LogP contribution in [0, 0.1) is 0 Å². The molecule has 1 radical (unpaired) electrons. The first-order chi connectivity index (χ1) is 12.0. The molecule has 1 N–H and O–H groups in total. The summed E-state index contributed by atoms with van der Waals surface area (Å²) in [7, 11) is 0. The monoisotopic (exact) mass is 348 g/mol. The molecule has 1 aromatic rings. The van der Waals surface area contributed by atoms with Crippen LogP contribution in [0.5, 0.6) is 11.5 Å². The smallest absolute Gasteiger partial charge is 0.308 e. The highest BCUT2D eigenvalue weighted by molar-refractivity contribution is 5.78. The van der Waals surface area contributed by atoms with Crippen molar-refractivity contribution in [1.82, 2.24) is 5.73 Å². The van der Waals surface area contributed by atoms with E-state index in [4.69, 9.17) is 15.2 Å². The predicted octanol–water partition coefficient (Wildman–Crippen LogP) is 4.70. The Morgan fingerprint density at radius 1 is 0.920 bits per heavy atom. The number of amides is 1. The van der Waals surface area contributed by atoms with E-state index in [0.717, 1.165) is 12.8 Å². The van der Waals surface area contributed by atoms with Crippen LogP contribution in [-0.4, -0.2) is 18.0 Å². The van der Waals surface area contributed by atoms with Crippen molar-refractivity contribution in [1.29, 1.82) is 0 Å². The van der Waals surface area contributed by atoms with Gasteiger partial charge in [0.25, 0.3) is 5.91 Å². The Morgan fingerprint density at radius 2 is 1.44 bits per heavy atom. The summed E-state index contributed by atoms with van der Waals surface area (Å²) in [6.07, 6.45) is 9.31. The van der Waals surface area contributed by atoms with Crippen LogP contribution < -0.4 is 15.2 Å². The summed E-state index contributed by atoms with van der Waals surface area (Å²) < 4.78 is 10.6. The van der Waals surface area contributed by atoms with Gasteiger partial charge < -0.3 is 9.47 Å². The zero-order valence-electron chi connectivity index (χ0n) is 15.4. The maximum atomic E-state index is 11.5. The molecule has 0 fully saturated rings. The quantitative estimate of drug-likeness (QED) is 0.294. The van der Waals surface area contributed by atoms with E-state index in [0.29, 0.717) is 17.9 Å². The molecule has 5 nitrogen and oxygen atoms in total. The molecule has 0 aliphatic rings. The van der Waals surface area contributed by atoms with Crippen molar-refractivity contribution in [2.75, 3.05) is 0 Å². The fraction of sp³-hybridized carbons (Fsp3) is 0.600. The Labute approximate surface area is 150 Å². The number of nitrogens with one attached hydrogen (secondary N) is 1. The second-order valence-corrected chi connectivity index (χ2v) is 6.30. The number of hydrogen-bond acceptors (Lipinski definition) is 4. The van der Waals surface area contributed by atoms with Gasteiger partial charge in [0, 0.05) is 6.92 Å². The molecule has 0 spiro atoms. The first kappa shape index (κ1) is 21.0. The molecule has 139 valence electrons. The Balaban J connectivity index is 2.32. The topological polar surface area (TPSA) is 76.4 Å². The standard InChI is InChI=1S/C20H30NO4/c1-3-4-5-6-7-8-9-10-11-19(20(21)23)25-18-14-12-17(13-15-18)24-16(2)22/h12-15,19,21H,3-11H2,1-2H3. The van der Waals surface area contributed by atoms with E-state index in [1.54, 1.807) is 24.3 Å². The highest BCUT2D eigenvalue weighted by Gasteiger charge is 2.17. The van der Waals surface area contributed by atoms with Crippen LogP contribution in [0.15, 0.2) is 24.3 Å². The van der Waals surface area contributed by atoms with E-state index in [1.165, 1.54) is 45.4 Å². The molecule has 1 rings (SSSR count). The van der Waals surface area contributed by atoms with Gasteiger partial charge in [-0.15, -0.1) is 0 Å². The Hall–Kier alpha value is -2.04. The fourth-order valence-corrected chi connectivity index (χ4v) is 2.62. The van der Waals surface area contributed by atoms with Crippen molar-refractivity contribution in [3.63, 3.8) is 0 Å². The van der Waals surface area contributed by atoms with Gasteiger partial charge in [0.15, 0.2) is 6.10 Å². The third-order valence-corrected chi connectivity index (χ3v) is 3.98. The lowest BCUT2D eigenvalue weighted by Gasteiger charge is -2.15. The molecule has 25 heavy (non-hydrogen) atoms. The molecular weight excluding hydrogens is 318 g/mol. The summed E-state index contributed by atoms with van der Waals surface area (Å²) in [5.41, 5.74) is 7.38. The fourth-order valence-electron chi connectivity index (χ4n) is 2.62. The Kier molecular flexibility index (Phi) is 10.4. The van der Waals surface area contributed by atoms with Crippen LogP contribution in [0.25, 0.3) is 0 Å². The van der Waals surface area contributed by atoms with Crippen molar-refractivity contribution >= 4 is 11.9 Å². The molecule has 1 aromatic carbocycles. The molecule has 0 heterocycles. The predicted molar refractivity (Wildman–Crippen MR) is 97.5 cm³/mol. The lowest BCUT2D eigenvalue weighted by molar-refractivity contribution is -0.131. The lowest BCUT2D eigenvalue weighted by Crippen LogP contribution is -2.28. The van der Waals surface area contributed by atoms with Gasteiger partial charge in [-0.3, -0.25) is 15.3 Å². The number of rotatable bonds is 13. The third kappa shape index (κ3) is 9.75. The number of carbonyl (C=O) groups excluding carboxylic acids is 2. The molecule has 0 saturated heterocycles. The summed E-state index contributed by atoms with van der Waals surface area (Å²) in [4.78, 5) is 22.4. The Bertz CT molecular complexity index is 513. The summed E-state index contributed by atoms with van der Waals surface area (Å²) in [5.74, 6) is -0.160. The van der Waals surface area contributed by atoms with Gasteiger partial charge in [0.05, 0.1) is 0 Å². The van der Waals surface area contributed by atoms with E-state index in [-0.39, 0.29) is 5.97 Å². The first-order valence-electron chi connectivity index (χ1n) is 9.23. The van der Waals surface area contributed by atoms with Crippen LogP contribution >= 0.6 is 0 Å². The van der Waals surface area contributed by atoms with Gasteiger partial charge in [0.2, 0.25) is 0 Å². The molecular formula is C20H30NO4. The van der Waals surface area contributed by atoms with E-state index in [9.17, 15) is 9.59 Å². The SMILES string of the molecule is CCCCCCCCCCC(Oc1ccc(OC(C)=O)cc1)C([NH])=O. The summed E-state index contributed by atoms with van der Waals surface area (Å²) >= 11 is 0. The molecule has 0 saturated carbocycles. The largest absolute Gasteiger partial charge is 0.481 e. The van der Waals surface area contributed by atoms with Crippen molar-refractivity contribution in [3.8, 4) is 11.5 Å². The number of ether oxygens (including phenoxy) is 2. The van der Waals surface area contributed by atoms with E-state index >= 15 is 0 Å². The van der Waals surface area contributed by atoms with Crippen molar-refractivity contribution in [2.45, 2.75) is 77.7 Å². The molecule has 0 aromatic heterocycles. The number of esters is 1. The second kappa shape index (κ2) is 12.3. The third-order valence-electron chi connectivity index (χ3n) is 3.98. The average Bonchev–Trinajstić information content (AvgIpc) is 2.57. The maximum Gasteiger partial charge on any atom is 0.308 e. The molecule has 0 aliphatic carbocycles. The van der Waals surface area contributed by atoms with Crippen LogP contribution in [0.3, 0.4) is 0 Å². The maximum absolute atomic E-state index is 11.5. The van der Waals surface area contributed by atoms with Crippen LogP contribution in [0.1, 0.15) is 71.6 Å². The van der Waals surface area contributed by atoms with Crippen LogP contribution in [-0.2, 0) is 9.59 Å². The number of benzene rings is 1. The zero-order chi connectivity index (χ0) is 18.5. The normalized spacial score (nSPS) is 11.8. The van der Waals surface area contributed by atoms with Gasteiger partial charge >= 0.3 is 5.97 Å². The van der Waals surface area contributed by atoms with Crippen LogP contribution in [0.2, 0.25) is 0 Å². The first-order valence-corrected chi connectivity index (χ1v) is 9.23. The van der Waals surface area contributed by atoms with E-state index in [2.05, 4.69) is 6.92 Å². The van der Waals surface area contributed by atoms with Crippen LogP contribution in [0.4, 0.5) is 0 Å². The van der Waals surface area contributed by atoms with Gasteiger partial charge in [-0.05, 0) is 37.1 Å². The Morgan fingerprint density at radius 3 is 1.96 bits per heavy atom. The highest BCUT2D eigenvalue weighted by Crippen LogP contribution is 2.20. The lowest BCUT2D eigenvalue weighted by atomic mass is 10.1. The molecule has 0 aliphatic heterocycles. The minimum Gasteiger partial charge on any atom is -0.481 e. The molecule has 1 amide bonds. The molecule has 1 unspecified atom stereocenters. The number of hydrogen-bond donors (Lipinski definition) is 0. The summed E-state index contributed by atoms with van der Waals surface area (Å²) in [6.45, 7) is 3.55. The highest BCUT2D eigenvalue weighted by atomic mass is 16.5. The van der Waals surface area contributed by atoms with Crippen molar-refractivity contribution < 1.29 is 19.1 Å². The summed E-state index contributed by atoms with van der Waals surface area (Å²) in [5, 5.41) is 0. The van der Waals surface area contributed by atoms with Gasteiger partial charge in [-0.1, -0.05) is 51.9 Å².